The van der Waals surface area contributed by atoms with E-state index in [2.05, 4.69) is 19.8 Å². The average molecular weight is 264 g/mol. The molecule has 0 unspecified atom stereocenters. The van der Waals surface area contributed by atoms with Gasteiger partial charge in [0.1, 0.15) is 0 Å². The second-order valence-corrected chi connectivity index (χ2v) is 5.13. The summed E-state index contributed by atoms with van der Waals surface area (Å²) in [5, 5.41) is 9.71. The second-order valence-electron chi connectivity index (χ2n) is 5.13. The summed E-state index contributed by atoms with van der Waals surface area (Å²) in [6, 6.07) is 2.12. The molecule has 0 radical (unpaired) electrons. The summed E-state index contributed by atoms with van der Waals surface area (Å²) in [4.78, 5) is 13.2. The minimum atomic E-state index is -0.125. The first-order chi connectivity index (χ1) is 9.28. The van der Waals surface area contributed by atoms with E-state index in [0.29, 0.717) is 11.9 Å². The van der Waals surface area contributed by atoms with Crippen molar-refractivity contribution in [3.63, 3.8) is 0 Å². The number of hydrogen-bond acceptors (Lipinski definition) is 6. The van der Waals surface area contributed by atoms with E-state index in [0.717, 1.165) is 45.0 Å². The van der Waals surface area contributed by atoms with Crippen LogP contribution in [-0.2, 0) is 0 Å². The third-order valence-corrected chi connectivity index (χ3v) is 4.09. The number of ether oxygens (including phenoxy) is 1. The molecule has 2 heterocycles. The van der Waals surface area contributed by atoms with Crippen LogP contribution in [0.25, 0.3) is 0 Å². The van der Waals surface area contributed by atoms with Crippen LogP contribution in [-0.4, -0.2) is 65.4 Å². The Labute approximate surface area is 113 Å². The molecule has 6 heteroatoms. The van der Waals surface area contributed by atoms with E-state index in [1.165, 1.54) is 0 Å². The van der Waals surface area contributed by atoms with Crippen molar-refractivity contribution in [2.75, 3.05) is 38.2 Å². The van der Waals surface area contributed by atoms with Gasteiger partial charge in [0, 0.05) is 44.5 Å². The summed E-state index contributed by atoms with van der Waals surface area (Å²) in [6.45, 7) is 3.72. The highest BCUT2D eigenvalue weighted by atomic mass is 16.5. The quantitative estimate of drug-likeness (QED) is 0.837. The van der Waals surface area contributed by atoms with E-state index < -0.39 is 0 Å². The number of aromatic nitrogens is 2. The number of rotatable bonds is 3. The fraction of sp³-hybridized carbons (Fsp3) is 0.692. The minimum Gasteiger partial charge on any atom is -0.481 e. The smallest absolute Gasteiger partial charge is 0.228 e. The van der Waals surface area contributed by atoms with Crippen molar-refractivity contribution in [1.29, 1.82) is 0 Å². The van der Waals surface area contributed by atoms with Crippen LogP contribution in [0.5, 0.6) is 5.88 Å². The molecule has 0 aromatic carbocycles. The van der Waals surface area contributed by atoms with Crippen molar-refractivity contribution >= 4 is 5.95 Å². The van der Waals surface area contributed by atoms with E-state index in [-0.39, 0.29) is 6.10 Å². The molecule has 104 valence electrons. The van der Waals surface area contributed by atoms with Crippen molar-refractivity contribution < 1.29 is 9.84 Å². The predicted molar refractivity (Wildman–Crippen MR) is 71.4 cm³/mol. The maximum Gasteiger partial charge on any atom is 0.228 e. The van der Waals surface area contributed by atoms with Gasteiger partial charge in [0.25, 0.3) is 0 Å². The molecule has 1 aromatic rings. The van der Waals surface area contributed by atoms with Crippen LogP contribution in [0.2, 0.25) is 0 Å². The molecule has 1 aliphatic carbocycles. The molecule has 3 rings (SSSR count). The lowest BCUT2D eigenvalue weighted by Crippen LogP contribution is -2.57. The van der Waals surface area contributed by atoms with Gasteiger partial charge in [-0.1, -0.05) is 0 Å². The minimum absolute atomic E-state index is 0.125. The fourth-order valence-corrected chi connectivity index (χ4v) is 2.74. The molecule has 2 aliphatic rings. The first-order valence-electron chi connectivity index (χ1n) is 6.82. The Morgan fingerprint density at radius 3 is 2.63 bits per heavy atom. The van der Waals surface area contributed by atoms with E-state index in [1.54, 1.807) is 19.4 Å². The lowest BCUT2D eigenvalue weighted by atomic mass is 9.87. The van der Waals surface area contributed by atoms with Crippen LogP contribution in [0.4, 0.5) is 5.95 Å². The summed E-state index contributed by atoms with van der Waals surface area (Å²) >= 11 is 0. The van der Waals surface area contributed by atoms with E-state index in [1.807, 2.05) is 0 Å². The van der Waals surface area contributed by atoms with Crippen LogP contribution in [0.1, 0.15) is 12.8 Å². The monoisotopic (exact) mass is 264 g/mol. The molecule has 1 saturated carbocycles. The van der Waals surface area contributed by atoms with E-state index >= 15 is 0 Å². The Kier molecular flexibility index (Phi) is 3.52. The topological polar surface area (TPSA) is 61.7 Å². The molecule has 0 spiro atoms. The van der Waals surface area contributed by atoms with Crippen molar-refractivity contribution in [2.45, 2.75) is 25.0 Å². The predicted octanol–water partition coefficient (Wildman–Crippen LogP) is 0.130. The summed E-state index contributed by atoms with van der Waals surface area (Å²) in [6.07, 6.45) is 3.67. The van der Waals surface area contributed by atoms with Gasteiger partial charge in [0.05, 0.1) is 13.2 Å². The highest BCUT2D eigenvalue weighted by molar-refractivity contribution is 5.32. The van der Waals surface area contributed by atoms with Crippen LogP contribution < -0.4 is 9.64 Å². The summed E-state index contributed by atoms with van der Waals surface area (Å²) in [5.41, 5.74) is 0. The number of aliphatic hydroxyl groups is 1. The lowest BCUT2D eigenvalue weighted by Gasteiger charge is -2.45. The molecule has 1 N–H and O–H groups in total. The first kappa shape index (κ1) is 12.6. The Balaban J connectivity index is 1.60. The van der Waals surface area contributed by atoms with Gasteiger partial charge in [-0.05, 0) is 12.8 Å². The zero-order valence-electron chi connectivity index (χ0n) is 11.2. The van der Waals surface area contributed by atoms with E-state index in [4.69, 9.17) is 4.74 Å². The SMILES string of the molecule is COc1ccnc(N2CCN([C@@H]3CC[C@H]3O)CC2)n1. The number of piperazine rings is 1. The number of aliphatic hydroxyl groups excluding tert-OH is 1. The molecule has 19 heavy (non-hydrogen) atoms. The number of anilines is 1. The molecule has 2 atom stereocenters. The molecule has 2 fully saturated rings. The third-order valence-electron chi connectivity index (χ3n) is 4.09. The Hall–Kier alpha value is -1.40. The van der Waals surface area contributed by atoms with Gasteiger partial charge < -0.3 is 14.7 Å². The highest BCUT2D eigenvalue weighted by Crippen LogP contribution is 2.27. The van der Waals surface area contributed by atoms with Crippen molar-refractivity contribution in [3.05, 3.63) is 12.3 Å². The zero-order valence-corrected chi connectivity index (χ0v) is 11.2. The largest absolute Gasteiger partial charge is 0.481 e. The molecule has 1 aromatic heterocycles. The van der Waals surface area contributed by atoms with E-state index in [9.17, 15) is 5.11 Å². The molecule has 1 saturated heterocycles. The second kappa shape index (κ2) is 5.30. The van der Waals surface area contributed by atoms with Crippen LogP contribution >= 0.6 is 0 Å². The Morgan fingerprint density at radius 1 is 1.26 bits per heavy atom. The molecule has 6 nitrogen and oxygen atoms in total. The van der Waals surface area contributed by atoms with Gasteiger partial charge in [-0.15, -0.1) is 0 Å². The maximum absolute atomic E-state index is 9.71. The average Bonchev–Trinajstić information content (AvgIpc) is 2.46. The summed E-state index contributed by atoms with van der Waals surface area (Å²) in [5.74, 6) is 1.33. The van der Waals surface area contributed by atoms with Crippen molar-refractivity contribution in [1.82, 2.24) is 14.9 Å². The van der Waals surface area contributed by atoms with Gasteiger partial charge in [0.15, 0.2) is 0 Å². The summed E-state index contributed by atoms with van der Waals surface area (Å²) in [7, 11) is 1.61. The number of methoxy groups -OCH3 is 1. The van der Waals surface area contributed by atoms with Gasteiger partial charge in [-0.3, -0.25) is 4.90 Å². The number of hydrogen-bond donors (Lipinski definition) is 1. The first-order valence-corrected chi connectivity index (χ1v) is 6.82. The molecule has 0 amide bonds. The van der Waals surface area contributed by atoms with Crippen molar-refractivity contribution in [3.8, 4) is 5.88 Å². The maximum atomic E-state index is 9.71. The lowest BCUT2D eigenvalue weighted by molar-refractivity contribution is -0.0230. The third kappa shape index (κ3) is 2.50. The fourth-order valence-electron chi connectivity index (χ4n) is 2.74. The van der Waals surface area contributed by atoms with Crippen LogP contribution in [0, 0.1) is 0 Å². The molecule has 0 bridgehead atoms. The van der Waals surface area contributed by atoms with Crippen molar-refractivity contribution in [2.24, 2.45) is 0 Å². The normalized spacial score (nSPS) is 28.0. The molecular weight excluding hydrogens is 244 g/mol. The standard InChI is InChI=1S/C13H20N4O2/c1-19-12-4-5-14-13(15-12)17-8-6-16(7-9-17)10-2-3-11(10)18/h4-5,10-11,18H,2-3,6-9H2,1H3/t10-,11-/m1/s1. The van der Waals surface area contributed by atoms with Crippen LogP contribution in [0.3, 0.4) is 0 Å². The van der Waals surface area contributed by atoms with Gasteiger partial charge in [-0.2, -0.15) is 4.98 Å². The molecular formula is C13H20N4O2. The number of nitrogens with zero attached hydrogens (tertiary/aromatic N) is 4. The zero-order chi connectivity index (χ0) is 13.2. The highest BCUT2D eigenvalue weighted by Gasteiger charge is 2.35. The van der Waals surface area contributed by atoms with Gasteiger partial charge in [-0.25, -0.2) is 4.98 Å². The van der Waals surface area contributed by atoms with Gasteiger partial charge in [0.2, 0.25) is 11.8 Å². The van der Waals surface area contributed by atoms with Gasteiger partial charge >= 0.3 is 0 Å². The Bertz CT molecular complexity index is 434. The molecule has 1 aliphatic heterocycles. The summed E-state index contributed by atoms with van der Waals surface area (Å²) < 4.78 is 5.12. The van der Waals surface area contributed by atoms with Crippen LogP contribution in [0.15, 0.2) is 12.3 Å². The Morgan fingerprint density at radius 2 is 2.05 bits per heavy atom.